The van der Waals surface area contributed by atoms with Gasteiger partial charge in [-0.25, -0.2) is 4.39 Å². The Balaban J connectivity index is 2.24. The van der Waals surface area contributed by atoms with Crippen LogP contribution in [0.2, 0.25) is 0 Å². The van der Waals surface area contributed by atoms with Crippen molar-refractivity contribution in [3.05, 3.63) is 28.0 Å². The number of carbonyl (C=O) groups is 1. The minimum atomic E-state index is -0.509. The molecule has 2 N–H and O–H groups in total. The van der Waals surface area contributed by atoms with Crippen LogP contribution < -0.4 is 5.73 Å². The Morgan fingerprint density at radius 1 is 1.39 bits per heavy atom. The van der Waals surface area contributed by atoms with Crippen molar-refractivity contribution < 1.29 is 9.18 Å². The number of halogens is 2. The van der Waals surface area contributed by atoms with Crippen LogP contribution in [-0.4, -0.2) is 35.4 Å². The number of hydrogen-bond acceptors (Lipinski definition) is 3. The zero-order valence-corrected chi connectivity index (χ0v) is 12.2. The van der Waals surface area contributed by atoms with Gasteiger partial charge in [0, 0.05) is 23.3 Å². The molecular formula is C12H14BrFN2OS. The lowest BCUT2D eigenvalue weighted by atomic mass is 10.1. The lowest BCUT2D eigenvalue weighted by molar-refractivity contribution is 0.0767. The van der Waals surface area contributed by atoms with Crippen LogP contribution in [0.4, 0.5) is 10.1 Å². The monoisotopic (exact) mass is 332 g/mol. The maximum absolute atomic E-state index is 13.2. The fourth-order valence-corrected chi connectivity index (χ4v) is 3.22. The molecule has 0 aliphatic carbocycles. The van der Waals surface area contributed by atoms with Crippen LogP contribution in [0.15, 0.2) is 16.6 Å². The second-order valence-corrected chi connectivity index (χ2v) is 6.19. The first-order chi connectivity index (χ1) is 8.59. The molecule has 0 aromatic heterocycles. The second-order valence-electron chi connectivity index (χ2n) is 4.11. The van der Waals surface area contributed by atoms with Gasteiger partial charge in [0.25, 0.3) is 5.91 Å². The van der Waals surface area contributed by atoms with Crippen molar-refractivity contribution in [2.24, 2.45) is 0 Å². The van der Waals surface area contributed by atoms with E-state index in [1.54, 1.807) is 4.90 Å². The van der Waals surface area contributed by atoms with Crippen molar-refractivity contribution in [3.8, 4) is 0 Å². The summed E-state index contributed by atoms with van der Waals surface area (Å²) in [4.78, 5) is 14.1. The van der Waals surface area contributed by atoms with Crippen LogP contribution in [0, 0.1) is 5.82 Å². The molecule has 1 aliphatic rings. The Bertz CT molecular complexity index is 462. The summed E-state index contributed by atoms with van der Waals surface area (Å²) in [6.07, 6.45) is 0.991. The van der Waals surface area contributed by atoms with Crippen molar-refractivity contribution in [3.63, 3.8) is 0 Å². The molecule has 0 atom stereocenters. The number of nitrogen functional groups attached to an aromatic ring is 1. The molecule has 1 heterocycles. The smallest absolute Gasteiger partial charge is 0.255 e. The predicted octanol–water partition coefficient (Wildman–Crippen LogP) is 2.75. The third-order valence-electron chi connectivity index (χ3n) is 2.83. The van der Waals surface area contributed by atoms with E-state index in [1.807, 2.05) is 11.8 Å². The van der Waals surface area contributed by atoms with Crippen LogP contribution in [-0.2, 0) is 0 Å². The minimum Gasteiger partial charge on any atom is -0.396 e. The van der Waals surface area contributed by atoms with Crippen LogP contribution in [0.1, 0.15) is 16.8 Å². The highest BCUT2D eigenvalue weighted by atomic mass is 79.9. The molecule has 0 bridgehead atoms. The SMILES string of the molecule is Nc1cc(C(=O)N2CCCSCC2)c(Br)cc1F. The number of amides is 1. The van der Waals surface area contributed by atoms with Crippen molar-refractivity contribution in [2.75, 3.05) is 30.3 Å². The fourth-order valence-electron chi connectivity index (χ4n) is 1.85. The molecule has 1 saturated heterocycles. The van der Waals surface area contributed by atoms with Crippen LogP contribution in [0.3, 0.4) is 0 Å². The number of anilines is 1. The number of thioether (sulfide) groups is 1. The van der Waals surface area contributed by atoms with E-state index in [0.29, 0.717) is 10.0 Å². The minimum absolute atomic E-state index is 0.00532. The van der Waals surface area contributed by atoms with E-state index in [0.717, 1.165) is 31.0 Å². The first kappa shape index (κ1) is 13.7. The molecule has 1 aromatic rings. The first-order valence-corrected chi connectivity index (χ1v) is 7.66. The molecule has 1 aliphatic heterocycles. The highest BCUT2D eigenvalue weighted by Gasteiger charge is 2.20. The largest absolute Gasteiger partial charge is 0.396 e. The zero-order chi connectivity index (χ0) is 13.1. The van der Waals surface area contributed by atoms with Gasteiger partial charge in [0.05, 0.1) is 11.3 Å². The fraction of sp³-hybridized carbons (Fsp3) is 0.417. The Kier molecular flexibility index (Phi) is 4.50. The molecular weight excluding hydrogens is 319 g/mol. The van der Waals surface area contributed by atoms with E-state index in [1.165, 1.54) is 12.1 Å². The van der Waals surface area contributed by atoms with E-state index in [2.05, 4.69) is 15.9 Å². The van der Waals surface area contributed by atoms with E-state index in [-0.39, 0.29) is 11.6 Å². The van der Waals surface area contributed by atoms with E-state index >= 15 is 0 Å². The lowest BCUT2D eigenvalue weighted by Crippen LogP contribution is -2.33. The molecule has 0 spiro atoms. The molecule has 1 aromatic carbocycles. The molecule has 0 unspecified atom stereocenters. The molecule has 1 amide bonds. The Morgan fingerprint density at radius 3 is 2.94 bits per heavy atom. The zero-order valence-electron chi connectivity index (χ0n) is 9.79. The molecule has 18 heavy (non-hydrogen) atoms. The van der Waals surface area contributed by atoms with Crippen molar-refractivity contribution in [1.29, 1.82) is 0 Å². The number of carbonyl (C=O) groups excluding carboxylic acids is 1. The number of benzene rings is 1. The summed E-state index contributed by atoms with van der Waals surface area (Å²) >= 11 is 5.07. The Morgan fingerprint density at radius 2 is 2.17 bits per heavy atom. The maximum atomic E-state index is 13.2. The molecule has 2 rings (SSSR count). The third-order valence-corrected chi connectivity index (χ3v) is 4.53. The van der Waals surface area contributed by atoms with Crippen molar-refractivity contribution >= 4 is 39.3 Å². The molecule has 6 heteroatoms. The predicted molar refractivity (Wildman–Crippen MR) is 76.4 cm³/mol. The van der Waals surface area contributed by atoms with Crippen LogP contribution >= 0.6 is 27.7 Å². The summed E-state index contributed by atoms with van der Waals surface area (Å²) in [5.74, 6) is 1.43. The second kappa shape index (κ2) is 5.93. The highest BCUT2D eigenvalue weighted by Crippen LogP contribution is 2.25. The van der Waals surface area contributed by atoms with E-state index in [9.17, 15) is 9.18 Å². The molecule has 1 fully saturated rings. The third kappa shape index (κ3) is 2.98. The van der Waals surface area contributed by atoms with Gasteiger partial charge in [-0.3, -0.25) is 4.79 Å². The quantitative estimate of drug-likeness (QED) is 0.804. The Labute approximate surface area is 118 Å². The average molecular weight is 333 g/mol. The van der Waals surface area contributed by atoms with Gasteiger partial charge in [-0.15, -0.1) is 0 Å². The number of rotatable bonds is 1. The molecule has 0 saturated carbocycles. The van der Waals surface area contributed by atoms with Gasteiger partial charge in [-0.1, -0.05) is 0 Å². The van der Waals surface area contributed by atoms with Gasteiger partial charge in [0.1, 0.15) is 5.82 Å². The van der Waals surface area contributed by atoms with Gasteiger partial charge < -0.3 is 10.6 Å². The summed E-state index contributed by atoms with van der Waals surface area (Å²) in [7, 11) is 0. The number of nitrogens with two attached hydrogens (primary N) is 1. The maximum Gasteiger partial charge on any atom is 0.255 e. The number of hydrogen-bond donors (Lipinski definition) is 1. The summed E-state index contributed by atoms with van der Waals surface area (Å²) in [5.41, 5.74) is 5.95. The normalized spacial score (nSPS) is 16.4. The van der Waals surface area contributed by atoms with E-state index < -0.39 is 5.82 Å². The van der Waals surface area contributed by atoms with Gasteiger partial charge in [0.15, 0.2) is 0 Å². The Hall–Kier alpha value is -0.750. The van der Waals surface area contributed by atoms with Crippen molar-refractivity contribution in [1.82, 2.24) is 4.90 Å². The first-order valence-electron chi connectivity index (χ1n) is 5.71. The highest BCUT2D eigenvalue weighted by molar-refractivity contribution is 9.10. The summed E-state index contributed by atoms with van der Waals surface area (Å²) < 4.78 is 13.7. The average Bonchev–Trinajstić information content (AvgIpc) is 2.61. The van der Waals surface area contributed by atoms with Gasteiger partial charge in [-0.05, 0) is 40.2 Å². The summed E-state index contributed by atoms with van der Waals surface area (Å²) in [6.45, 7) is 1.47. The number of nitrogens with zero attached hydrogens (tertiary/aromatic N) is 1. The summed E-state index contributed by atoms with van der Waals surface area (Å²) in [5, 5.41) is 0. The molecule has 3 nitrogen and oxygen atoms in total. The van der Waals surface area contributed by atoms with Gasteiger partial charge in [0.2, 0.25) is 0 Å². The standard InChI is InChI=1S/C12H14BrFN2OS/c13-9-7-10(14)11(15)6-8(9)12(17)16-2-1-4-18-5-3-16/h6-7H,1-5,15H2. The van der Waals surface area contributed by atoms with Crippen molar-refractivity contribution in [2.45, 2.75) is 6.42 Å². The summed E-state index contributed by atoms with van der Waals surface area (Å²) in [6, 6.07) is 2.65. The van der Waals surface area contributed by atoms with E-state index in [4.69, 9.17) is 5.73 Å². The molecule has 98 valence electrons. The van der Waals surface area contributed by atoms with Crippen LogP contribution in [0.5, 0.6) is 0 Å². The van der Waals surface area contributed by atoms with Gasteiger partial charge >= 0.3 is 0 Å². The van der Waals surface area contributed by atoms with Crippen LogP contribution in [0.25, 0.3) is 0 Å². The lowest BCUT2D eigenvalue weighted by Gasteiger charge is -2.20. The molecule has 0 radical (unpaired) electrons. The topological polar surface area (TPSA) is 46.3 Å². The van der Waals surface area contributed by atoms with Gasteiger partial charge in [-0.2, -0.15) is 11.8 Å².